The summed E-state index contributed by atoms with van der Waals surface area (Å²) in [6.45, 7) is 12.0. The van der Waals surface area contributed by atoms with Gasteiger partial charge in [-0.1, -0.05) is 11.8 Å². The molecule has 0 aromatic carbocycles. The quantitative estimate of drug-likeness (QED) is 0.505. The van der Waals surface area contributed by atoms with E-state index < -0.39 is 5.25 Å². The number of aryl methyl sites for hydroxylation is 4. The molecule has 150 valence electrons. The molecule has 1 unspecified atom stereocenters. The molecule has 0 spiro atoms. The summed E-state index contributed by atoms with van der Waals surface area (Å²) in [5.74, 6) is -0.139. The molecule has 1 amide bonds. The van der Waals surface area contributed by atoms with Gasteiger partial charge in [0.1, 0.15) is 4.83 Å². The van der Waals surface area contributed by atoms with E-state index in [1.807, 2.05) is 48.6 Å². The Morgan fingerprint density at radius 1 is 1.29 bits per heavy atom. The van der Waals surface area contributed by atoms with Crippen LogP contribution in [0.25, 0.3) is 10.2 Å². The zero-order valence-corrected chi connectivity index (χ0v) is 18.8. The Hall–Kier alpha value is -2.13. The van der Waals surface area contributed by atoms with Gasteiger partial charge in [0, 0.05) is 18.5 Å². The molecular formula is C19H25N5O2S2. The van der Waals surface area contributed by atoms with E-state index in [9.17, 15) is 9.59 Å². The third-order valence-electron chi connectivity index (χ3n) is 4.98. The van der Waals surface area contributed by atoms with Gasteiger partial charge in [0.15, 0.2) is 5.16 Å². The van der Waals surface area contributed by atoms with E-state index in [1.54, 1.807) is 9.25 Å². The number of amides is 1. The van der Waals surface area contributed by atoms with Crippen molar-refractivity contribution in [3.63, 3.8) is 0 Å². The van der Waals surface area contributed by atoms with E-state index in [0.717, 1.165) is 32.3 Å². The van der Waals surface area contributed by atoms with Gasteiger partial charge in [-0.2, -0.15) is 5.10 Å². The monoisotopic (exact) mass is 419 g/mol. The zero-order valence-electron chi connectivity index (χ0n) is 17.2. The molecule has 9 heteroatoms. The summed E-state index contributed by atoms with van der Waals surface area (Å²) >= 11 is 2.83. The Morgan fingerprint density at radius 2 is 1.96 bits per heavy atom. The number of nitrogens with one attached hydrogen (secondary N) is 1. The van der Waals surface area contributed by atoms with Crippen LogP contribution < -0.4 is 10.9 Å². The van der Waals surface area contributed by atoms with Crippen LogP contribution in [0.4, 0.5) is 5.69 Å². The average Bonchev–Trinajstić information content (AvgIpc) is 3.05. The lowest BCUT2D eigenvalue weighted by Crippen LogP contribution is -2.26. The van der Waals surface area contributed by atoms with Gasteiger partial charge in [0.05, 0.1) is 27.7 Å². The van der Waals surface area contributed by atoms with Crippen LogP contribution in [0, 0.1) is 27.7 Å². The van der Waals surface area contributed by atoms with Crippen molar-refractivity contribution in [1.29, 1.82) is 0 Å². The van der Waals surface area contributed by atoms with Crippen LogP contribution in [0.5, 0.6) is 0 Å². The number of hydrogen-bond acceptors (Lipinski definition) is 6. The fourth-order valence-corrected chi connectivity index (χ4v) is 5.11. The number of rotatable bonds is 5. The summed E-state index contributed by atoms with van der Waals surface area (Å²) in [5, 5.41) is 8.14. The molecule has 3 aromatic heterocycles. The summed E-state index contributed by atoms with van der Waals surface area (Å²) in [6, 6.07) is 0. The molecule has 0 aliphatic heterocycles. The molecule has 3 aromatic rings. The van der Waals surface area contributed by atoms with E-state index in [2.05, 4.69) is 10.4 Å². The molecule has 1 N–H and O–H groups in total. The summed E-state index contributed by atoms with van der Waals surface area (Å²) in [7, 11) is 1.85. The molecule has 0 saturated carbocycles. The molecule has 0 bridgehead atoms. The van der Waals surface area contributed by atoms with Crippen molar-refractivity contribution in [2.75, 3.05) is 5.32 Å². The Morgan fingerprint density at radius 3 is 2.54 bits per heavy atom. The van der Waals surface area contributed by atoms with Crippen LogP contribution in [0.3, 0.4) is 0 Å². The maximum absolute atomic E-state index is 13.0. The number of hydrogen-bond donors (Lipinski definition) is 1. The maximum atomic E-state index is 13.0. The normalized spacial score (nSPS) is 12.5. The van der Waals surface area contributed by atoms with Gasteiger partial charge in [-0.25, -0.2) is 4.98 Å². The molecular weight excluding hydrogens is 394 g/mol. The first-order chi connectivity index (χ1) is 13.1. The highest BCUT2D eigenvalue weighted by atomic mass is 32.2. The third-order valence-corrected chi connectivity index (χ3v) is 7.17. The topological polar surface area (TPSA) is 81.8 Å². The Balaban J connectivity index is 1.91. The zero-order chi connectivity index (χ0) is 20.7. The Bertz CT molecular complexity index is 1130. The van der Waals surface area contributed by atoms with Crippen molar-refractivity contribution in [3.05, 3.63) is 32.2 Å². The van der Waals surface area contributed by atoms with Crippen molar-refractivity contribution >= 4 is 44.9 Å². The number of nitrogens with zero attached hydrogens (tertiary/aromatic N) is 4. The average molecular weight is 420 g/mol. The van der Waals surface area contributed by atoms with Crippen molar-refractivity contribution in [2.45, 2.75) is 58.5 Å². The number of anilines is 1. The summed E-state index contributed by atoms with van der Waals surface area (Å²) in [6.07, 6.45) is 0. The molecule has 0 saturated heterocycles. The molecule has 0 aliphatic carbocycles. The minimum absolute atomic E-state index is 0.0385. The van der Waals surface area contributed by atoms with E-state index >= 15 is 0 Å². The van der Waals surface area contributed by atoms with Crippen molar-refractivity contribution in [2.24, 2.45) is 7.05 Å². The second-order valence-corrected chi connectivity index (χ2v) is 9.34. The van der Waals surface area contributed by atoms with Gasteiger partial charge in [-0.3, -0.25) is 18.8 Å². The molecule has 0 fully saturated rings. The summed E-state index contributed by atoms with van der Waals surface area (Å²) < 4.78 is 3.39. The minimum Gasteiger partial charge on any atom is -0.322 e. The van der Waals surface area contributed by atoms with E-state index in [4.69, 9.17) is 4.98 Å². The predicted molar refractivity (Wildman–Crippen MR) is 116 cm³/mol. The maximum Gasteiger partial charge on any atom is 0.263 e. The second-order valence-electron chi connectivity index (χ2n) is 6.83. The highest BCUT2D eigenvalue weighted by molar-refractivity contribution is 8.00. The Kier molecular flexibility index (Phi) is 5.67. The van der Waals surface area contributed by atoms with Crippen LogP contribution in [-0.4, -0.2) is 30.5 Å². The number of carbonyl (C=O) groups excluding carboxylic acids is 1. The first-order valence-electron chi connectivity index (χ1n) is 9.13. The van der Waals surface area contributed by atoms with E-state index in [1.165, 1.54) is 23.1 Å². The summed E-state index contributed by atoms with van der Waals surface area (Å²) in [4.78, 5) is 32.2. The highest BCUT2D eigenvalue weighted by Crippen LogP contribution is 2.30. The fourth-order valence-electron chi connectivity index (χ4n) is 3.07. The third kappa shape index (κ3) is 3.48. The van der Waals surface area contributed by atoms with Crippen LogP contribution in [0.15, 0.2) is 9.95 Å². The van der Waals surface area contributed by atoms with Crippen LogP contribution >= 0.6 is 23.1 Å². The lowest BCUT2D eigenvalue weighted by Gasteiger charge is -2.15. The molecule has 0 aliphatic rings. The standard InChI is InChI=1S/C19H25N5O2S2/c1-8-24-18(26)14-9(2)12(5)27-17(14)21-19(24)28-13(6)16(25)20-15-10(3)22-23(7)11(15)4/h13H,8H2,1-7H3,(H,20,25). The van der Waals surface area contributed by atoms with E-state index in [0.29, 0.717) is 17.1 Å². The largest absolute Gasteiger partial charge is 0.322 e. The molecule has 0 radical (unpaired) electrons. The number of fused-ring (bicyclic) bond motifs is 1. The smallest absolute Gasteiger partial charge is 0.263 e. The van der Waals surface area contributed by atoms with Crippen molar-refractivity contribution in [1.82, 2.24) is 19.3 Å². The number of aromatic nitrogens is 4. The number of thioether (sulfide) groups is 1. The van der Waals surface area contributed by atoms with Gasteiger partial charge in [-0.05, 0) is 47.1 Å². The van der Waals surface area contributed by atoms with Gasteiger partial charge in [0.2, 0.25) is 5.91 Å². The second kappa shape index (κ2) is 7.71. The fraction of sp³-hybridized carbons (Fsp3) is 0.474. The van der Waals surface area contributed by atoms with Gasteiger partial charge < -0.3 is 5.32 Å². The minimum atomic E-state index is -0.414. The first kappa shape index (κ1) is 20.6. The van der Waals surface area contributed by atoms with Crippen LogP contribution in [0.1, 0.15) is 35.7 Å². The summed E-state index contributed by atoms with van der Waals surface area (Å²) in [5.41, 5.74) is 3.37. The first-order valence-corrected chi connectivity index (χ1v) is 10.8. The van der Waals surface area contributed by atoms with Crippen LogP contribution in [-0.2, 0) is 18.4 Å². The SMILES string of the molecule is CCn1c(SC(C)C(=O)Nc2c(C)nn(C)c2C)nc2sc(C)c(C)c2c1=O. The lowest BCUT2D eigenvalue weighted by atomic mass is 10.2. The van der Waals surface area contributed by atoms with Gasteiger partial charge >= 0.3 is 0 Å². The molecule has 3 rings (SSSR count). The molecule has 7 nitrogen and oxygen atoms in total. The number of thiophene rings is 1. The lowest BCUT2D eigenvalue weighted by molar-refractivity contribution is -0.115. The predicted octanol–water partition coefficient (Wildman–Crippen LogP) is 3.56. The molecule has 3 heterocycles. The van der Waals surface area contributed by atoms with Gasteiger partial charge in [0.25, 0.3) is 5.56 Å². The number of carbonyl (C=O) groups is 1. The molecule has 28 heavy (non-hydrogen) atoms. The van der Waals surface area contributed by atoms with Crippen molar-refractivity contribution < 1.29 is 4.79 Å². The van der Waals surface area contributed by atoms with Gasteiger partial charge in [-0.15, -0.1) is 11.3 Å². The molecule has 1 atom stereocenters. The van der Waals surface area contributed by atoms with Crippen LogP contribution in [0.2, 0.25) is 0 Å². The highest BCUT2D eigenvalue weighted by Gasteiger charge is 2.22. The Labute approximate surface area is 172 Å². The van der Waals surface area contributed by atoms with Crippen molar-refractivity contribution in [3.8, 4) is 0 Å². The van der Waals surface area contributed by atoms with E-state index in [-0.39, 0.29) is 11.5 Å².